The van der Waals surface area contributed by atoms with Crippen molar-refractivity contribution in [2.45, 2.75) is 37.4 Å². The zero-order valence-corrected chi connectivity index (χ0v) is 15.1. The van der Waals surface area contributed by atoms with Gasteiger partial charge >= 0.3 is 0 Å². The van der Waals surface area contributed by atoms with E-state index in [9.17, 15) is 5.26 Å². The van der Waals surface area contributed by atoms with Crippen molar-refractivity contribution in [3.05, 3.63) is 53.6 Å². The Morgan fingerprint density at radius 3 is 2.59 bits per heavy atom. The maximum atomic E-state index is 9.27. The average Bonchev–Trinajstić information content (AvgIpc) is 3.01. The Hall–Kier alpha value is -3.15. The zero-order chi connectivity index (χ0) is 18.9. The molecule has 2 aromatic carbocycles. The first-order valence-electron chi connectivity index (χ1n) is 9.03. The van der Waals surface area contributed by atoms with Gasteiger partial charge in [0.1, 0.15) is 11.5 Å². The standard InChI is InChI=1S/C22H19N3O2/c1-26-18-7-9-22(10-8-18)21(25-14-24)19-12-17(5-6-20(19)27-22)16-4-2-3-15(11-16)13-23/h2-6,11-12,18H,7-10H2,1H3. The van der Waals surface area contributed by atoms with Gasteiger partial charge in [-0.1, -0.05) is 18.2 Å². The maximum absolute atomic E-state index is 9.27. The Bertz CT molecular complexity index is 989. The summed E-state index contributed by atoms with van der Waals surface area (Å²) in [6.45, 7) is 0. The fourth-order valence-electron chi connectivity index (χ4n) is 4.10. The van der Waals surface area contributed by atoms with Gasteiger partial charge in [-0.05, 0) is 61.1 Å². The number of hydrogen-bond donors (Lipinski definition) is 0. The molecule has 2 aromatic rings. The number of aliphatic imine (C=N–C) groups is 1. The molecule has 1 aliphatic carbocycles. The molecule has 4 rings (SSSR count). The van der Waals surface area contributed by atoms with Crippen LogP contribution in [0.3, 0.4) is 0 Å². The summed E-state index contributed by atoms with van der Waals surface area (Å²) in [5.41, 5.74) is 3.59. The first-order valence-corrected chi connectivity index (χ1v) is 9.03. The number of nitrogens with zero attached hydrogens (tertiary/aromatic N) is 3. The number of nitriles is 2. The van der Waals surface area contributed by atoms with Crippen molar-refractivity contribution >= 4 is 5.71 Å². The van der Waals surface area contributed by atoms with Gasteiger partial charge in [0.15, 0.2) is 5.60 Å². The lowest BCUT2D eigenvalue weighted by Gasteiger charge is -2.36. The fraction of sp³-hybridized carbons (Fsp3) is 0.318. The molecule has 27 heavy (non-hydrogen) atoms. The second-order valence-electron chi connectivity index (χ2n) is 7.00. The minimum Gasteiger partial charge on any atom is -0.480 e. The van der Waals surface area contributed by atoms with Gasteiger partial charge < -0.3 is 9.47 Å². The molecule has 0 N–H and O–H groups in total. The highest BCUT2D eigenvalue weighted by Gasteiger charge is 2.48. The largest absolute Gasteiger partial charge is 0.480 e. The quantitative estimate of drug-likeness (QED) is 0.754. The predicted octanol–water partition coefficient (Wildman–Crippen LogP) is 4.22. The summed E-state index contributed by atoms with van der Waals surface area (Å²) in [5, 5.41) is 18.4. The average molecular weight is 357 g/mol. The molecule has 1 fully saturated rings. The molecule has 0 atom stereocenters. The number of ether oxygens (including phenoxy) is 2. The summed E-state index contributed by atoms with van der Waals surface area (Å²) in [7, 11) is 1.73. The minimum atomic E-state index is -0.541. The van der Waals surface area contributed by atoms with E-state index in [1.807, 2.05) is 42.6 Å². The van der Waals surface area contributed by atoms with Crippen LogP contribution in [0.1, 0.15) is 36.8 Å². The van der Waals surface area contributed by atoms with Crippen molar-refractivity contribution in [1.29, 1.82) is 10.5 Å². The molecule has 0 amide bonds. The SMILES string of the molecule is COC1CCC2(CC1)Oc1ccc(-c3cccc(C#N)c3)cc1C2=NC#N. The van der Waals surface area contributed by atoms with Crippen LogP contribution in [0.25, 0.3) is 11.1 Å². The smallest absolute Gasteiger partial charge is 0.206 e. The summed E-state index contributed by atoms with van der Waals surface area (Å²) in [6, 6.07) is 15.6. The van der Waals surface area contributed by atoms with Gasteiger partial charge in [-0.25, -0.2) is 0 Å². The minimum absolute atomic E-state index is 0.232. The van der Waals surface area contributed by atoms with Crippen LogP contribution in [0.15, 0.2) is 47.5 Å². The van der Waals surface area contributed by atoms with E-state index in [-0.39, 0.29) is 6.10 Å². The first kappa shape index (κ1) is 17.3. The molecule has 0 unspecified atom stereocenters. The van der Waals surface area contributed by atoms with E-state index in [4.69, 9.17) is 14.7 Å². The van der Waals surface area contributed by atoms with Gasteiger partial charge in [-0.2, -0.15) is 15.5 Å². The fourth-order valence-corrected chi connectivity index (χ4v) is 4.10. The molecule has 1 aliphatic heterocycles. The first-order chi connectivity index (χ1) is 13.2. The van der Waals surface area contributed by atoms with Crippen LogP contribution in [0.5, 0.6) is 5.75 Å². The number of hydrogen-bond acceptors (Lipinski definition) is 5. The summed E-state index contributed by atoms with van der Waals surface area (Å²) in [6.07, 6.45) is 5.51. The number of rotatable bonds is 2. The number of benzene rings is 2. The van der Waals surface area contributed by atoms with E-state index >= 15 is 0 Å². The molecule has 134 valence electrons. The lowest BCUT2D eigenvalue weighted by Crippen LogP contribution is -2.45. The number of methoxy groups -OCH3 is 1. The van der Waals surface area contributed by atoms with Gasteiger partial charge in [0.25, 0.3) is 0 Å². The van der Waals surface area contributed by atoms with E-state index in [0.717, 1.165) is 48.1 Å². The third-order valence-corrected chi connectivity index (χ3v) is 5.53. The van der Waals surface area contributed by atoms with E-state index in [0.29, 0.717) is 11.3 Å². The summed E-state index contributed by atoms with van der Waals surface area (Å²) in [4.78, 5) is 4.17. The third kappa shape index (κ3) is 2.97. The van der Waals surface area contributed by atoms with Gasteiger partial charge in [0.2, 0.25) is 6.19 Å². The molecule has 0 radical (unpaired) electrons. The molecule has 1 spiro atoms. The second-order valence-corrected chi connectivity index (χ2v) is 7.00. The van der Waals surface area contributed by atoms with Gasteiger partial charge in [-0.3, -0.25) is 0 Å². The Balaban J connectivity index is 1.74. The molecule has 5 heteroatoms. The molecule has 1 saturated carbocycles. The predicted molar refractivity (Wildman–Crippen MR) is 101 cm³/mol. The summed E-state index contributed by atoms with van der Waals surface area (Å²) < 4.78 is 11.8. The monoisotopic (exact) mass is 357 g/mol. The van der Waals surface area contributed by atoms with Crippen molar-refractivity contribution < 1.29 is 9.47 Å². The zero-order valence-electron chi connectivity index (χ0n) is 15.1. The molecule has 0 bridgehead atoms. The molecular formula is C22H19N3O2. The van der Waals surface area contributed by atoms with Gasteiger partial charge in [0.05, 0.1) is 17.7 Å². The maximum Gasteiger partial charge on any atom is 0.206 e. The van der Waals surface area contributed by atoms with Crippen LogP contribution >= 0.6 is 0 Å². The second kappa shape index (κ2) is 6.87. The summed E-state index contributed by atoms with van der Waals surface area (Å²) >= 11 is 0. The molecule has 1 heterocycles. The van der Waals surface area contributed by atoms with Gasteiger partial charge in [0, 0.05) is 12.7 Å². The lowest BCUT2D eigenvalue weighted by atomic mass is 9.79. The molecule has 2 aliphatic rings. The van der Waals surface area contributed by atoms with Crippen molar-refractivity contribution in [3.63, 3.8) is 0 Å². The van der Waals surface area contributed by atoms with Crippen LogP contribution in [-0.2, 0) is 4.74 Å². The van der Waals surface area contributed by atoms with Crippen LogP contribution in [-0.4, -0.2) is 24.5 Å². The Morgan fingerprint density at radius 1 is 1.11 bits per heavy atom. The molecular weight excluding hydrogens is 338 g/mol. The van der Waals surface area contributed by atoms with E-state index < -0.39 is 5.60 Å². The van der Waals surface area contributed by atoms with E-state index in [1.165, 1.54) is 0 Å². The van der Waals surface area contributed by atoms with Gasteiger partial charge in [-0.15, -0.1) is 0 Å². The van der Waals surface area contributed by atoms with Crippen LogP contribution in [0.2, 0.25) is 0 Å². The highest BCUT2D eigenvalue weighted by Crippen LogP contribution is 2.45. The molecule has 0 aromatic heterocycles. The van der Waals surface area contributed by atoms with E-state index in [2.05, 4.69) is 11.1 Å². The van der Waals surface area contributed by atoms with Crippen molar-refractivity contribution in [2.75, 3.05) is 7.11 Å². The van der Waals surface area contributed by atoms with Crippen LogP contribution in [0.4, 0.5) is 0 Å². The topological polar surface area (TPSA) is 78.4 Å². The number of fused-ring (bicyclic) bond motifs is 1. The van der Waals surface area contributed by atoms with Crippen molar-refractivity contribution in [2.24, 2.45) is 4.99 Å². The third-order valence-electron chi connectivity index (χ3n) is 5.53. The highest BCUT2D eigenvalue weighted by atomic mass is 16.5. The lowest BCUT2D eigenvalue weighted by molar-refractivity contribution is 0.0143. The van der Waals surface area contributed by atoms with Crippen LogP contribution in [0, 0.1) is 22.8 Å². The molecule has 5 nitrogen and oxygen atoms in total. The van der Waals surface area contributed by atoms with Crippen molar-refractivity contribution in [3.8, 4) is 29.1 Å². The Morgan fingerprint density at radius 2 is 1.89 bits per heavy atom. The Labute approximate surface area is 158 Å². The normalized spacial score (nSPS) is 24.9. The van der Waals surface area contributed by atoms with E-state index in [1.54, 1.807) is 13.2 Å². The Kier molecular flexibility index (Phi) is 4.39. The molecule has 0 saturated heterocycles. The highest BCUT2D eigenvalue weighted by molar-refractivity contribution is 6.12. The van der Waals surface area contributed by atoms with Crippen molar-refractivity contribution in [1.82, 2.24) is 0 Å². The summed E-state index contributed by atoms with van der Waals surface area (Å²) in [5.74, 6) is 0.764. The van der Waals surface area contributed by atoms with Crippen LogP contribution < -0.4 is 4.74 Å².